The molecule has 110 valence electrons. The molecule has 1 aliphatic carbocycles. The van der Waals surface area contributed by atoms with Gasteiger partial charge in [-0.25, -0.2) is 0 Å². The van der Waals surface area contributed by atoms with Crippen LogP contribution in [0, 0.1) is 0 Å². The average Bonchev–Trinajstić information content (AvgIpc) is 3.13. The maximum absolute atomic E-state index is 12.0. The van der Waals surface area contributed by atoms with Crippen molar-refractivity contribution < 1.29 is 9.90 Å². The second-order valence-corrected chi connectivity index (χ2v) is 6.84. The molecule has 2 heterocycles. The van der Waals surface area contributed by atoms with Crippen molar-refractivity contribution in [2.24, 2.45) is 0 Å². The van der Waals surface area contributed by atoms with Crippen LogP contribution in [0.2, 0.25) is 0 Å². The standard InChI is InChI=1S/C15H22N2O2S/c18-14(10-11-4-3-9-20-11)16-12-5-6-13(15(12)19)17-7-1-2-8-17/h3-4,9,12-13,15,19H,1-2,5-8,10H2,(H,16,18)/t12-,13-,15-/m1/s1. The predicted octanol–water partition coefficient (Wildman–Crippen LogP) is 1.39. The molecular weight excluding hydrogens is 272 g/mol. The normalized spacial score (nSPS) is 30.8. The Bertz CT molecular complexity index is 443. The molecule has 3 atom stereocenters. The van der Waals surface area contributed by atoms with Gasteiger partial charge in [0.1, 0.15) is 0 Å². The zero-order chi connectivity index (χ0) is 13.9. The van der Waals surface area contributed by atoms with Gasteiger partial charge in [-0.2, -0.15) is 0 Å². The molecule has 2 aliphatic rings. The molecule has 0 unspecified atom stereocenters. The maximum Gasteiger partial charge on any atom is 0.225 e. The Morgan fingerprint density at radius 3 is 2.90 bits per heavy atom. The fourth-order valence-corrected chi connectivity index (χ4v) is 4.12. The van der Waals surface area contributed by atoms with Crippen LogP contribution in [0.25, 0.3) is 0 Å². The van der Waals surface area contributed by atoms with Crippen molar-refractivity contribution in [1.82, 2.24) is 10.2 Å². The smallest absolute Gasteiger partial charge is 0.225 e. The van der Waals surface area contributed by atoms with Crippen LogP contribution in [-0.2, 0) is 11.2 Å². The van der Waals surface area contributed by atoms with Gasteiger partial charge in [0.25, 0.3) is 0 Å². The molecule has 2 N–H and O–H groups in total. The zero-order valence-corrected chi connectivity index (χ0v) is 12.4. The summed E-state index contributed by atoms with van der Waals surface area (Å²) in [4.78, 5) is 15.5. The number of thiophene rings is 1. The molecule has 0 radical (unpaired) electrons. The zero-order valence-electron chi connectivity index (χ0n) is 11.6. The summed E-state index contributed by atoms with van der Waals surface area (Å²) in [6, 6.07) is 4.10. The van der Waals surface area contributed by atoms with E-state index >= 15 is 0 Å². The van der Waals surface area contributed by atoms with Crippen molar-refractivity contribution in [2.75, 3.05) is 13.1 Å². The van der Waals surface area contributed by atoms with Crippen molar-refractivity contribution in [2.45, 2.75) is 50.3 Å². The van der Waals surface area contributed by atoms with E-state index in [0.29, 0.717) is 6.42 Å². The van der Waals surface area contributed by atoms with Gasteiger partial charge in [0, 0.05) is 10.9 Å². The number of nitrogens with zero attached hydrogens (tertiary/aromatic N) is 1. The van der Waals surface area contributed by atoms with Crippen LogP contribution in [0.3, 0.4) is 0 Å². The summed E-state index contributed by atoms with van der Waals surface area (Å²) >= 11 is 1.60. The Hall–Kier alpha value is -0.910. The van der Waals surface area contributed by atoms with Crippen molar-refractivity contribution in [1.29, 1.82) is 0 Å². The third-order valence-corrected chi connectivity index (χ3v) is 5.33. The highest BCUT2D eigenvalue weighted by atomic mass is 32.1. The Morgan fingerprint density at radius 1 is 1.40 bits per heavy atom. The maximum atomic E-state index is 12.0. The molecule has 4 nitrogen and oxygen atoms in total. The highest BCUT2D eigenvalue weighted by Crippen LogP contribution is 2.27. The van der Waals surface area contributed by atoms with Crippen LogP contribution in [0.4, 0.5) is 0 Å². The lowest BCUT2D eigenvalue weighted by molar-refractivity contribution is -0.121. The molecule has 1 aliphatic heterocycles. The van der Waals surface area contributed by atoms with Gasteiger partial charge >= 0.3 is 0 Å². The molecule has 0 bridgehead atoms. The quantitative estimate of drug-likeness (QED) is 0.882. The predicted molar refractivity (Wildman–Crippen MR) is 79.8 cm³/mol. The minimum Gasteiger partial charge on any atom is -0.389 e. The minimum atomic E-state index is -0.416. The average molecular weight is 294 g/mol. The largest absolute Gasteiger partial charge is 0.389 e. The van der Waals surface area contributed by atoms with E-state index in [0.717, 1.165) is 30.8 Å². The summed E-state index contributed by atoms with van der Waals surface area (Å²) in [6.07, 6.45) is 4.36. The van der Waals surface area contributed by atoms with Crippen LogP contribution >= 0.6 is 11.3 Å². The summed E-state index contributed by atoms with van der Waals surface area (Å²) in [7, 11) is 0. The Morgan fingerprint density at radius 2 is 2.20 bits per heavy atom. The number of carbonyl (C=O) groups excluding carboxylic acids is 1. The van der Waals surface area contributed by atoms with Crippen LogP contribution in [0.1, 0.15) is 30.6 Å². The van der Waals surface area contributed by atoms with Gasteiger partial charge in [-0.3, -0.25) is 9.69 Å². The lowest BCUT2D eigenvalue weighted by Crippen LogP contribution is -2.48. The molecule has 1 aromatic heterocycles. The summed E-state index contributed by atoms with van der Waals surface area (Å²) < 4.78 is 0. The van der Waals surface area contributed by atoms with Crippen molar-refractivity contribution in [3.63, 3.8) is 0 Å². The van der Waals surface area contributed by atoms with E-state index in [9.17, 15) is 9.90 Å². The second-order valence-electron chi connectivity index (χ2n) is 5.81. The van der Waals surface area contributed by atoms with Gasteiger partial charge in [-0.05, 0) is 50.2 Å². The van der Waals surface area contributed by atoms with Gasteiger partial charge in [0.05, 0.1) is 18.6 Å². The van der Waals surface area contributed by atoms with Crippen molar-refractivity contribution in [3.8, 4) is 0 Å². The molecule has 1 aromatic rings. The summed E-state index contributed by atoms with van der Waals surface area (Å²) in [5.41, 5.74) is 0. The Labute approximate surface area is 123 Å². The molecule has 1 saturated heterocycles. The molecule has 3 rings (SSSR count). The number of aliphatic hydroxyl groups is 1. The third-order valence-electron chi connectivity index (χ3n) is 4.45. The topological polar surface area (TPSA) is 52.6 Å². The van der Waals surface area contributed by atoms with Crippen LogP contribution in [0.15, 0.2) is 17.5 Å². The van der Waals surface area contributed by atoms with Crippen LogP contribution in [0.5, 0.6) is 0 Å². The number of aliphatic hydroxyl groups excluding tert-OH is 1. The van der Waals surface area contributed by atoms with E-state index in [2.05, 4.69) is 10.2 Å². The van der Waals surface area contributed by atoms with E-state index in [4.69, 9.17) is 0 Å². The SMILES string of the molecule is O=C(Cc1cccs1)N[C@@H]1CC[C@@H](N2CCCC2)[C@@H]1O. The number of amides is 1. The molecule has 5 heteroatoms. The highest BCUT2D eigenvalue weighted by molar-refractivity contribution is 7.10. The first-order chi connectivity index (χ1) is 9.74. The second kappa shape index (κ2) is 6.24. The van der Waals surface area contributed by atoms with Crippen molar-refractivity contribution in [3.05, 3.63) is 22.4 Å². The number of carbonyl (C=O) groups is 1. The third kappa shape index (κ3) is 3.05. The van der Waals surface area contributed by atoms with Crippen LogP contribution < -0.4 is 5.32 Å². The molecular formula is C15H22N2O2S. The summed E-state index contributed by atoms with van der Waals surface area (Å²) in [5.74, 6) is 0.0265. The fourth-order valence-electron chi connectivity index (χ4n) is 3.42. The molecule has 0 spiro atoms. The van der Waals surface area contributed by atoms with Gasteiger partial charge in [0.15, 0.2) is 0 Å². The van der Waals surface area contributed by atoms with E-state index < -0.39 is 6.10 Å². The molecule has 20 heavy (non-hydrogen) atoms. The monoisotopic (exact) mass is 294 g/mol. The summed E-state index contributed by atoms with van der Waals surface area (Å²) in [5, 5.41) is 15.4. The Balaban J connectivity index is 1.52. The van der Waals surface area contributed by atoms with Gasteiger partial charge in [0.2, 0.25) is 5.91 Å². The van der Waals surface area contributed by atoms with Gasteiger partial charge in [-0.15, -0.1) is 11.3 Å². The van der Waals surface area contributed by atoms with Gasteiger partial charge in [-0.1, -0.05) is 6.07 Å². The molecule has 2 fully saturated rings. The van der Waals surface area contributed by atoms with E-state index in [1.807, 2.05) is 17.5 Å². The minimum absolute atomic E-state index is 0.0265. The first kappa shape index (κ1) is 14.0. The van der Waals surface area contributed by atoms with E-state index in [1.54, 1.807) is 11.3 Å². The summed E-state index contributed by atoms with van der Waals surface area (Å²) in [6.45, 7) is 2.19. The van der Waals surface area contributed by atoms with Crippen molar-refractivity contribution >= 4 is 17.2 Å². The fraction of sp³-hybridized carbons (Fsp3) is 0.667. The van der Waals surface area contributed by atoms with Gasteiger partial charge < -0.3 is 10.4 Å². The Kier molecular flexibility index (Phi) is 4.38. The number of likely N-dealkylation sites (tertiary alicyclic amines) is 1. The first-order valence-corrected chi connectivity index (χ1v) is 8.36. The lowest BCUT2D eigenvalue weighted by atomic mass is 10.1. The molecule has 0 aromatic carbocycles. The van der Waals surface area contributed by atoms with E-state index in [1.165, 1.54) is 12.8 Å². The van der Waals surface area contributed by atoms with E-state index in [-0.39, 0.29) is 18.0 Å². The van der Waals surface area contributed by atoms with Crippen LogP contribution in [-0.4, -0.2) is 47.2 Å². The molecule has 1 amide bonds. The number of hydrogen-bond acceptors (Lipinski definition) is 4. The lowest BCUT2D eigenvalue weighted by Gasteiger charge is -2.28. The number of rotatable bonds is 4. The molecule has 1 saturated carbocycles. The highest BCUT2D eigenvalue weighted by Gasteiger charge is 2.39. The first-order valence-electron chi connectivity index (χ1n) is 7.48. The number of hydrogen-bond donors (Lipinski definition) is 2. The number of nitrogens with one attached hydrogen (secondary N) is 1.